The van der Waals surface area contributed by atoms with Crippen LogP contribution in [-0.4, -0.2) is 11.3 Å². The molecule has 94 valence electrons. The second-order valence-electron chi connectivity index (χ2n) is 5.23. The van der Waals surface area contributed by atoms with E-state index in [-0.39, 0.29) is 0 Å². The molecule has 2 unspecified atom stereocenters. The average molecular weight is 249 g/mol. The fourth-order valence-electron chi connectivity index (χ4n) is 2.54. The molecule has 0 aromatic heterocycles. The van der Waals surface area contributed by atoms with Crippen molar-refractivity contribution in [1.29, 1.82) is 0 Å². The number of hydrogen-bond donors (Lipinski definition) is 1. The standard InChI is InChI=1S/C15H23NS/c1-11-8-9-14(12(2)10-11)17-15-7-5-3-4-6-13(15)16/h8-10,13,15H,3-7,16H2,1-2H3. The summed E-state index contributed by atoms with van der Waals surface area (Å²) in [6.45, 7) is 4.36. The van der Waals surface area contributed by atoms with Crippen LogP contribution in [0.5, 0.6) is 0 Å². The number of aryl methyl sites for hydroxylation is 2. The van der Waals surface area contributed by atoms with E-state index in [2.05, 4.69) is 32.0 Å². The number of nitrogens with two attached hydrogens (primary N) is 1. The van der Waals surface area contributed by atoms with Crippen molar-refractivity contribution in [3.8, 4) is 0 Å². The van der Waals surface area contributed by atoms with Gasteiger partial charge in [0.15, 0.2) is 0 Å². The molecule has 0 spiro atoms. The zero-order valence-electron chi connectivity index (χ0n) is 10.9. The predicted octanol–water partition coefficient (Wildman–Crippen LogP) is 4.06. The molecule has 2 rings (SSSR count). The lowest BCUT2D eigenvalue weighted by Crippen LogP contribution is -2.31. The van der Waals surface area contributed by atoms with Gasteiger partial charge in [0.25, 0.3) is 0 Å². The van der Waals surface area contributed by atoms with Crippen LogP contribution in [0.3, 0.4) is 0 Å². The van der Waals surface area contributed by atoms with E-state index < -0.39 is 0 Å². The summed E-state index contributed by atoms with van der Waals surface area (Å²) in [4.78, 5) is 1.41. The van der Waals surface area contributed by atoms with Crippen LogP contribution in [0.25, 0.3) is 0 Å². The van der Waals surface area contributed by atoms with Crippen molar-refractivity contribution in [2.75, 3.05) is 0 Å². The molecule has 1 fully saturated rings. The van der Waals surface area contributed by atoms with Crippen molar-refractivity contribution in [2.24, 2.45) is 5.73 Å². The minimum Gasteiger partial charge on any atom is -0.327 e. The Balaban J connectivity index is 2.08. The first-order valence-electron chi connectivity index (χ1n) is 6.66. The molecular weight excluding hydrogens is 226 g/mol. The lowest BCUT2D eigenvalue weighted by molar-refractivity contribution is 0.596. The first-order chi connectivity index (χ1) is 8.16. The second-order valence-corrected chi connectivity index (χ2v) is 6.51. The monoisotopic (exact) mass is 249 g/mol. The summed E-state index contributed by atoms with van der Waals surface area (Å²) in [7, 11) is 0. The predicted molar refractivity (Wildman–Crippen MR) is 76.6 cm³/mol. The molecule has 2 atom stereocenters. The van der Waals surface area contributed by atoms with Gasteiger partial charge in [0, 0.05) is 16.2 Å². The normalized spacial score (nSPS) is 25.6. The minimum absolute atomic E-state index is 0.378. The van der Waals surface area contributed by atoms with Crippen LogP contribution in [-0.2, 0) is 0 Å². The van der Waals surface area contributed by atoms with Gasteiger partial charge in [-0.25, -0.2) is 0 Å². The highest BCUT2D eigenvalue weighted by Crippen LogP contribution is 2.34. The van der Waals surface area contributed by atoms with E-state index >= 15 is 0 Å². The first kappa shape index (κ1) is 13.0. The molecule has 0 aliphatic heterocycles. The maximum absolute atomic E-state index is 6.29. The highest BCUT2D eigenvalue weighted by atomic mass is 32.2. The van der Waals surface area contributed by atoms with Crippen molar-refractivity contribution in [3.63, 3.8) is 0 Å². The van der Waals surface area contributed by atoms with Crippen molar-refractivity contribution in [2.45, 2.75) is 62.1 Å². The van der Waals surface area contributed by atoms with Gasteiger partial charge >= 0.3 is 0 Å². The third kappa shape index (κ3) is 3.49. The molecule has 2 N–H and O–H groups in total. The summed E-state index contributed by atoms with van der Waals surface area (Å²) in [5, 5.41) is 0.610. The molecule has 17 heavy (non-hydrogen) atoms. The maximum atomic E-state index is 6.29. The van der Waals surface area contributed by atoms with E-state index in [1.165, 1.54) is 48.1 Å². The molecular formula is C15H23NS. The number of thioether (sulfide) groups is 1. The molecule has 0 amide bonds. The molecule has 1 aliphatic carbocycles. The Hall–Kier alpha value is -0.470. The molecule has 0 bridgehead atoms. The SMILES string of the molecule is Cc1ccc(SC2CCCCCC2N)c(C)c1. The number of hydrogen-bond acceptors (Lipinski definition) is 2. The van der Waals surface area contributed by atoms with E-state index in [4.69, 9.17) is 5.73 Å². The van der Waals surface area contributed by atoms with Crippen LogP contribution >= 0.6 is 11.8 Å². The smallest absolute Gasteiger partial charge is 0.0246 e. The third-order valence-electron chi connectivity index (χ3n) is 3.61. The number of benzene rings is 1. The van der Waals surface area contributed by atoms with Crippen molar-refractivity contribution in [1.82, 2.24) is 0 Å². The fourth-order valence-corrected chi connectivity index (χ4v) is 3.86. The van der Waals surface area contributed by atoms with E-state index in [1.54, 1.807) is 0 Å². The van der Waals surface area contributed by atoms with E-state index in [0.717, 1.165) is 0 Å². The molecule has 0 heterocycles. The largest absolute Gasteiger partial charge is 0.327 e. The minimum atomic E-state index is 0.378. The van der Waals surface area contributed by atoms with Crippen molar-refractivity contribution < 1.29 is 0 Å². The Bertz CT molecular complexity index is 375. The molecule has 1 saturated carbocycles. The van der Waals surface area contributed by atoms with Gasteiger partial charge in [0.2, 0.25) is 0 Å². The third-order valence-corrected chi connectivity index (χ3v) is 5.21. The summed E-state index contributed by atoms with van der Waals surface area (Å²) in [6, 6.07) is 7.11. The van der Waals surface area contributed by atoms with Gasteiger partial charge in [-0.1, -0.05) is 37.0 Å². The maximum Gasteiger partial charge on any atom is 0.0246 e. The number of rotatable bonds is 2. The Kier molecular flexibility index (Phi) is 4.52. The fraction of sp³-hybridized carbons (Fsp3) is 0.600. The molecule has 1 aromatic carbocycles. The van der Waals surface area contributed by atoms with E-state index in [1.807, 2.05) is 11.8 Å². The van der Waals surface area contributed by atoms with Crippen LogP contribution in [0.2, 0.25) is 0 Å². The molecule has 2 heteroatoms. The van der Waals surface area contributed by atoms with Gasteiger partial charge in [-0.2, -0.15) is 0 Å². The van der Waals surface area contributed by atoms with Gasteiger partial charge in [0.05, 0.1) is 0 Å². The van der Waals surface area contributed by atoms with E-state index in [9.17, 15) is 0 Å². The summed E-state index contributed by atoms with van der Waals surface area (Å²) in [5.74, 6) is 0. The Morgan fingerprint density at radius 1 is 1.12 bits per heavy atom. The van der Waals surface area contributed by atoms with Gasteiger partial charge in [-0.3, -0.25) is 0 Å². The van der Waals surface area contributed by atoms with Crippen LogP contribution in [0.15, 0.2) is 23.1 Å². The second kappa shape index (κ2) is 5.92. The molecule has 1 nitrogen and oxygen atoms in total. The summed E-state index contributed by atoms with van der Waals surface area (Å²) in [6.07, 6.45) is 6.49. The Morgan fingerprint density at radius 3 is 2.65 bits per heavy atom. The highest BCUT2D eigenvalue weighted by molar-refractivity contribution is 8.00. The first-order valence-corrected chi connectivity index (χ1v) is 7.54. The summed E-state index contributed by atoms with van der Waals surface area (Å²) >= 11 is 2.00. The topological polar surface area (TPSA) is 26.0 Å². The molecule has 0 saturated heterocycles. The van der Waals surface area contributed by atoms with E-state index in [0.29, 0.717) is 11.3 Å². The quantitative estimate of drug-likeness (QED) is 0.800. The Morgan fingerprint density at radius 2 is 1.88 bits per heavy atom. The Labute approximate surface area is 109 Å². The summed E-state index contributed by atoms with van der Waals surface area (Å²) in [5.41, 5.74) is 9.03. The van der Waals surface area contributed by atoms with Gasteiger partial charge in [-0.05, 0) is 38.3 Å². The summed E-state index contributed by atoms with van der Waals surface area (Å²) < 4.78 is 0. The van der Waals surface area contributed by atoms with Crippen molar-refractivity contribution >= 4 is 11.8 Å². The van der Waals surface area contributed by atoms with Crippen LogP contribution < -0.4 is 5.73 Å². The van der Waals surface area contributed by atoms with Gasteiger partial charge in [-0.15, -0.1) is 11.8 Å². The molecule has 1 aromatic rings. The highest BCUT2D eigenvalue weighted by Gasteiger charge is 2.21. The van der Waals surface area contributed by atoms with Crippen LogP contribution in [0.4, 0.5) is 0 Å². The molecule has 0 radical (unpaired) electrons. The lowest BCUT2D eigenvalue weighted by Gasteiger charge is -2.21. The van der Waals surface area contributed by atoms with Gasteiger partial charge in [0.1, 0.15) is 0 Å². The zero-order chi connectivity index (χ0) is 12.3. The van der Waals surface area contributed by atoms with Crippen LogP contribution in [0.1, 0.15) is 43.2 Å². The van der Waals surface area contributed by atoms with Crippen LogP contribution in [0, 0.1) is 13.8 Å². The lowest BCUT2D eigenvalue weighted by atomic mass is 10.1. The molecule has 1 aliphatic rings. The average Bonchev–Trinajstić information content (AvgIpc) is 2.48. The van der Waals surface area contributed by atoms with Crippen molar-refractivity contribution in [3.05, 3.63) is 29.3 Å². The zero-order valence-corrected chi connectivity index (χ0v) is 11.7. The van der Waals surface area contributed by atoms with Gasteiger partial charge < -0.3 is 5.73 Å².